The maximum atomic E-state index is 11.6. The van der Waals surface area contributed by atoms with Gasteiger partial charge in [-0.1, -0.05) is 19.8 Å². The van der Waals surface area contributed by atoms with E-state index in [1.807, 2.05) is 11.8 Å². The van der Waals surface area contributed by atoms with E-state index in [-0.39, 0.29) is 5.91 Å². The van der Waals surface area contributed by atoms with Crippen LogP contribution in [0.5, 0.6) is 0 Å². The smallest absolute Gasteiger partial charge is 0.234 e. The van der Waals surface area contributed by atoms with E-state index in [2.05, 4.69) is 11.4 Å². The maximum Gasteiger partial charge on any atom is 0.234 e. The van der Waals surface area contributed by atoms with Crippen LogP contribution in [-0.4, -0.2) is 36.5 Å². The van der Waals surface area contributed by atoms with Gasteiger partial charge in [0, 0.05) is 12.6 Å². The highest BCUT2D eigenvalue weighted by Crippen LogP contribution is 2.22. The summed E-state index contributed by atoms with van der Waals surface area (Å²) in [7, 11) is 0. The Bertz CT molecular complexity index is 253. The molecule has 1 amide bonds. The fourth-order valence-electron chi connectivity index (χ4n) is 2.18. The Balaban J connectivity index is 2.38. The Labute approximate surface area is 97.6 Å². The Morgan fingerprint density at radius 3 is 2.75 bits per heavy atom. The molecule has 16 heavy (non-hydrogen) atoms. The molecule has 0 unspecified atom stereocenters. The van der Waals surface area contributed by atoms with Gasteiger partial charge < -0.3 is 5.32 Å². The van der Waals surface area contributed by atoms with Gasteiger partial charge >= 0.3 is 0 Å². The molecular formula is C12H21N3O. The molecule has 1 aliphatic carbocycles. The molecule has 0 radical (unpaired) electrons. The quantitative estimate of drug-likeness (QED) is 0.690. The van der Waals surface area contributed by atoms with Crippen LogP contribution in [0.1, 0.15) is 39.0 Å². The highest BCUT2D eigenvalue weighted by atomic mass is 16.2. The van der Waals surface area contributed by atoms with E-state index in [4.69, 9.17) is 5.26 Å². The molecule has 0 aromatic carbocycles. The molecule has 0 saturated heterocycles. The molecule has 90 valence electrons. The Hall–Kier alpha value is -1.08. The van der Waals surface area contributed by atoms with Crippen molar-refractivity contribution in [1.82, 2.24) is 10.2 Å². The van der Waals surface area contributed by atoms with Gasteiger partial charge in [0.25, 0.3) is 0 Å². The van der Waals surface area contributed by atoms with Crippen molar-refractivity contribution in [3.8, 4) is 6.07 Å². The lowest BCUT2D eigenvalue weighted by molar-refractivity contribution is -0.122. The topological polar surface area (TPSA) is 56.1 Å². The lowest BCUT2D eigenvalue weighted by Crippen LogP contribution is -2.42. The molecule has 0 bridgehead atoms. The zero-order valence-corrected chi connectivity index (χ0v) is 10.0. The minimum Gasteiger partial charge on any atom is -0.355 e. The molecule has 0 heterocycles. The molecule has 4 heteroatoms. The van der Waals surface area contributed by atoms with Crippen LogP contribution >= 0.6 is 0 Å². The van der Waals surface area contributed by atoms with Crippen molar-refractivity contribution in [1.29, 1.82) is 5.26 Å². The van der Waals surface area contributed by atoms with Gasteiger partial charge in [0.1, 0.15) is 0 Å². The van der Waals surface area contributed by atoms with Gasteiger partial charge in [-0.3, -0.25) is 9.69 Å². The van der Waals surface area contributed by atoms with Crippen molar-refractivity contribution in [2.24, 2.45) is 0 Å². The van der Waals surface area contributed by atoms with E-state index in [1.165, 1.54) is 12.8 Å². The second-order valence-electron chi connectivity index (χ2n) is 4.35. The van der Waals surface area contributed by atoms with E-state index < -0.39 is 0 Å². The monoisotopic (exact) mass is 223 g/mol. The van der Waals surface area contributed by atoms with E-state index >= 15 is 0 Å². The molecule has 0 aromatic heterocycles. The number of nitrogens with zero attached hydrogens (tertiary/aromatic N) is 2. The zero-order chi connectivity index (χ0) is 11.8. The fraction of sp³-hybridized carbons (Fsp3) is 0.833. The van der Waals surface area contributed by atoms with Crippen molar-refractivity contribution in [2.75, 3.05) is 19.6 Å². The van der Waals surface area contributed by atoms with Crippen LogP contribution in [0.4, 0.5) is 0 Å². The number of nitrogens with one attached hydrogen (secondary N) is 1. The number of nitriles is 1. The molecule has 1 N–H and O–H groups in total. The molecule has 1 aliphatic rings. The summed E-state index contributed by atoms with van der Waals surface area (Å²) >= 11 is 0. The number of amides is 1. The van der Waals surface area contributed by atoms with E-state index in [0.29, 0.717) is 19.1 Å². The lowest BCUT2D eigenvalue weighted by atomic mass is 10.2. The minimum absolute atomic E-state index is 0.0454. The summed E-state index contributed by atoms with van der Waals surface area (Å²) in [6, 6.07) is 2.59. The molecule has 0 spiro atoms. The van der Waals surface area contributed by atoms with E-state index in [1.54, 1.807) is 0 Å². The standard InChI is InChI=1S/C12H21N3O/c1-2-8-14-12(16)10-15(9-7-13)11-5-3-4-6-11/h11H,2-6,8-10H2,1H3,(H,14,16). The second kappa shape index (κ2) is 7.24. The molecular weight excluding hydrogens is 202 g/mol. The highest BCUT2D eigenvalue weighted by Gasteiger charge is 2.23. The van der Waals surface area contributed by atoms with Gasteiger partial charge in [-0.15, -0.1) is 0 Å². The second-order valence-corrected chi connectivity index (χ2v) is 4.35. The SMILES string of the molecule is CCCNC(=O)CN(CC#N)C1CCCC1. The predicted molar refractivity (Wildman–Crippen MR) is 62.7 cm³/mol. The summed E-state index contributed by atoms with van der Waals surface area (Å²) in [5.74, 6) is 0.0454. The molecule has 1 fully saturated rings. The minimum atomic E-state index is 0.0454. The number of rotatable bonds is 6. The van der Waals surface area contributed by atoms with Gasteiger partial charge in [0.15, 0.2) is 0 Å². The average molecular weight is 223 g/mol. The zero-order valence-electron chi connectivity index (χ0n) is 10.0. The Morgan fingerprint density at radius 1 is 1.50 bits per heavy atom. The highest BCUT2D eigenvalue weighted by molar-refractivity contribution is 5.78. The summed E-state index contributed by atoms with van der Waals surface area (Å²) < 4.78 is 0. The Kier molecular flexibility index (Phi) is 5.87. The van der Waals surface area contributed by atoms with E-state index in [9.17, 15) is 4.79 Å². The van der Waals surface area contributed by atoms with Crippen LogP contribution < -0.4 is 5.32 Å². The first-order chi connectivity index (χ1) is 7.77. The normalized spacial score (nSPS) is 16.3. The van der Waals surface area contributed by atoms with Crippen molar-refractivity contribution < 1.29 is 4.79 Å². The van der Waals surface area contributed by atoms with Crippen molar-refractivity contribution in [3.63, 3.8) is 0 Å². The summed E-state index contributed by atoms with van der Waals surface area (Å²) in [5, 5.41) is 11.6. The number of hydrogen-bond donors (Lipinski definition) is 1. The van der Waals surface area contributed by atoms with E-state index in [0.717, 1.165) is 25.8 Å². The third kappa shape index (κ3) is 4.19. The number of carbonyl (C=O) groups is 1. The summed E-state index contributed by atoms with van der Waals surface area (Å²) in [5.41, 5.74) is 0. The third-order valence-corrected chi connectivity index (χ3v) is 3.03. The summed E-state index contributed by atoms with van der Waals surface area (Å²) in [6.07, 6.45) is 5.66. The van der Waals surface area contributed by atoms with Crippen LogP contribution in [0.3, 0.4) is 0 Å². The maximum absolute atomic E-state index is 11.6. The third-order valence-electron chi connectivity index (χ3n) is 3.03. The van der Waals surface area contributed by atoms with Crippen molar-refractivity contribution >= 4 is 5.91 Å². The summed E-state index contributed by atoms with van der Waals surface area (Å²) in [4.78, 5) is 13.6. The molecule has 1 rings (SSSR count). The first-order valence-electron chi connectivity index (χ1n) is 6.15. The lowest BCUT2D eigenvalue weighted by Gasteiger charge is -2.25. The van der Waals surface area contributed by atoms with Crippen LogP contribution in [0.2, 0.25) is 0 Å². The molecule has 0 aromatic rings. The first kappa shape index (κ1) is 13.0. The van der Waals surface area contributed by atoms with Gasteiger partial charge in [-0.2, -0.15) is 5.26 Å². The van der Waals surface area contributed by atoms with Crippen molar-refractivity contribution in [2.45, 2.75) is 45.1 Å². The molecule has 1 saturated carbocycles. The van der Waals surface area contributed by atoms with Crippen LogP contribution in [0.25, 0.3) is 0 Å². The first-order valence-corrected chi connectivity index (χ1v) is 6.15. The van der Waals surface area contributed by atoms with Crippen LogP contribution in [0, 0.1) is 11.3 Å². The Morgan fingerprint density at radius 2 is 2.19 bits per heavy atom. The molecule has 0 atom stereocenters. The van der Waals surface area contributed by atoms with Crippen molar-refractivity contribution in [3.05, 3.63) is 0 Å². The fourth-order valence-corrected chi connectivity index (χ4v) is 2.18. The average Bonchev–Trinajstić information content (AvgIpc) is 2.79. The van der Waals surface area contributed by atoms with Crippen LogP contribution in [-0.2, 0) is 4.79 Å². The number of carbonyl (C=O) groups excluding carboxylic acids is 1. The largest absolute Gasteiger partial charge is 0.355 e. The number of hydrogen-bond acceptors (Lipinski definition) is 3. The van der Waals surface area contributed by atoms with Crippen LogP contribution in [0.15, 0.2) is 0 Å². The van der Waals surface area contributed by atoms with Gasteiger partial charge in [-0.25, -0.2) is 0 Å². The summed E-state index contributed by atoms with van der Waals surface area (Å²) in [6.45, 7) is 3.50. The predicted octanol–water partition coefficient (Wildman–Crippen LogP) is 1.28. The van der Waals surface area contributed by atoms with Gasteiger partial charge in [-0.05, 0) is 19.3 Å². The van der Waals surface area contributed by atoms with Gasteiger partial charge in [0.2, 0.25) is 5.91 Å². The van der Waals surface area contributed by atoms with Gasteiger partial charge in [0.05, 0.1) is 19.2 Å². The molecule has 4 nitrogen and oxygen atoms in total. The molecule has 0 aliphatic heterocycles.